The zero-order valence-corrected chi connectivity index (χ0v) is 14.9. The van der Waals surface area contributed by atoms with Gasteiger partial charge in [0.1, 0.15) is 17.5 Å². The molecule has 0 saturated heterocycles. The van der Waals surface area contributed by atoms with E-state index < -0.39 is 5.60 Å². The fourth-order valence-corrected chi connectivity index (χ4v) is 3.22. The number of amides is 1. The molecule has 0 saturated carbocycles. The van der Waals surface area contributed by atoms with Gasteiger partial charge in [-0.2, -0.15) is 0 Å². The molecule has 5 nitrogen and oxygen atoms in total. The van der Waals surface area contributed by atoms with Crippen LogP contribution in [0.25, 0.3) is 5.57 Å². The van der Waals surface area contributed by atoms with Crippen LogP contribution in [0.5, 0.6) is 5.75 Å². The summed E-state index contributed by atoms with van der Waals surface area (Å²) >= 11 is 0. The molecule has 2 N–H and O–H groups in total. The van der Waals surface area contributed by atoms with Crippen LogP contribution in [0.15, 0.2) is 18.2 Å². The van der Waals surface area contributed by atoms with E-state index in [1.807, 2.05) is 26.8 Å². The molecule has 0 spiro atoms. The van der Waals surface area contributed by atoms with Crippen LogP contribution in [0.1, 0.15) is 45.2 Å². The standard InChI is InChI=1S/C19H26N2O3/c1-12-11-15-14(5-6-16(20)17(15)23-12)13-7-9-21(10-8-13)18(22)24-19(2,3)4/h5-7,12H,8-11,20H2,1-4H3/t12-/m1/s1. The van der Waals surface area contributed by atoms with Crippen molar-refractivity contribution in [2.45, 2.75) is 52.2 Å². The summed E-state index contributed by atoms with van der Waals surface area (Å²) in [6, 6.07) is 3.98. The molecule has 0 bridgehead atoms. The van der Waals surface area contributed by atoms with E-state index in [9.17, 15) is 4.79 Å². The molecule has 0 unspecified atom stereocenters. The maximum atomic E-state index is 12.2. The van der Waals surface area contributed by atoms with Gasteiger partial charge in [-0.05, 0) is 51.3 Å². The van der Waals surface area contributed by atoms with E-state index in [0.717, 1.165) is 18.6 Å². The van der Waals surface area contributed by atoms with Gasteiger partial charge in [0.25, 0.3) is 0 Å². The van der Waals surface area contributed by atoms with Crippen LogP contribution in [-0.2, 0) is 11.2 Å². The molecule has 2 aliphatic rings. The van der Waals surface area contributed by atoms with Crippen LogP contribution in [0.3, 0.4) is 0 Å². The highest BCUT2D eigenvalue weighted by Crippen LogP contribution is 2.40. The number of rotatable bonds is 1. The smallest absolute Gasteiger partial charge is 0.410 e. The first kappa shape index (κ1) is 16.7. The van der Waals surface area contributed by atoms with Crippen molar-refractivity contribution in [2.24, 2.45) is 0 Å². The molecule has 1 amide bonds. The lowest BCUT2D eigenvalue weighted by molar-refractivity contribution is 0.0270. The molecule has 0 aliphatic carbocycles. The molecular weight excluding hydrogens is 304 g/mol. The van der Waals surface area contributed by atoms with Gasteiger partial charge in [0.2, 0.25) is 0 Å². The number of nitrogens with two attached hydrogens (primary N) is 1. The molecule has 0 radical (unpaired) electrons. The quantitative estimate of drug-likeness (QED) is 0.799. The summed E-state index contributed by atoms with van der Waals surface area (Å²) in [5.41, 5.74) is 9.92. The van der Waals surface area contributed by atoms with Gasteiger partial charge < -0.3 is 20.1 Å². The average molecular weight is 330 g/mol. The number of hydrogen-bond donors (Lipinski definition) is 1. The molecule has 2 aliphatic heterocycles. The first-order valence-corrected chi connectivity index (χ1v) is 8.50. The third-order valence-corrected chi connectivity index (χ3v) is 4.31. The number of nitrogen functional groups attached to an aromatic ring is 1. The first-order chi connectivity index (χ1) is 11.2. The molecule has 0 fully saturated rings. The first-order valence-electron chi connectivity index (χ1n) is 8.50. The van der Waals surface area contributed by atoms with Gasteiger partial charge >= 0.3 is 6.09 Å². The number of anilines is 1. The third-order valence-electron chi connectivity index (χ3n) is 4.31. The minimum Gasteiger partial charge on any atom is -0.488 e. The molecule has 0 aromatic heterocycles. The Hall–Kier alpha value is -2.17. The second kappa shape index (κ2) is 6.04. The monoisotopic (exact) mass is 330 g/mol. The summed E-state index contributed by atoms with van der Waals surface area (Å²) in [5, 5.41) is 0. The molecule has 1 aromatic carbocycles. The van der Waals surface area contributed by atoms with Crippen LogP contribution in [0, 0.1) is 0 Å². The average Bonchev–Trinajstić information content (AvgIpc) is 2.88. The maximum Gasteiger partial charge on any atom is 0.410 e. The molecule has 24 heavy (non-hydrogen) atoms. The number of hydrogen-bond acceptors (Lipinski definition) is 4. The highest BCUT2D eigenvalue weighted by Gasteiger charge is 2.28. The van der Waals surface area contributed by atoms with Crippen LogP contribution in [-0.4, -0.2) is 35.8 Å². The zero-order chi connectivity index (χ0) is 17.5. The predicted molar refractivity (Wildman–Crippen MR) is 95.0 cm³/mol. The lowest BCUT2D eigenvalue weighted by Crippen LogP contribution is -2.39. The van der Waals surface area contributed by atoms with Gasteiger partial charge in [0.05, 0.1) is 5.69 Å². The van der Waals surface area contributed by atoms with Gasteiger partial charge in [0.15, 0.2) is 0 Å². The van der Waals surface area contributed by atoms with Gasteiger partial charge in [-0.25, -0.2) is 4.79 Å². The topological polar surface area (TPSA) is 64.8 Å². The third kappa shape index (κ3) is 3.35. The predicted octanol–water partition coefficient (Wildman–Crippen LogP) is 3.62. The van der Waals surface area contributed by atoms with Crippen molar-refractivity contribution in [2.75, 3.05) is 18.8 Å². The summed E-state index contributed by atoms with van der Waals surface area (Å²) in [5.74, 6) is 0.829. The lowest BCUT2D eigenvalue weighted by Gasteiger charge is -2.30. The van der Waals surface area contributed by atoms with E-state index in [1.54, 1.807) is 4.90 Å². The highest BCUT2D eigenvalue weighted by atomic mass is 16.6. The number of benzene rings is 1. The van der Waals surface area contributed by atoms with E-state index in [1.165, 1.54) is 16.7 Å². The SMILES string of the molecule is C[C@@H]1Cc2c(C3=CCN(C(=O)OC(C)(C)C)CC3)ccc(N)c2O1. The van der Waals surface area contributed by atoms with Crippen molar-refractivity contribution < 1.29 is 14.3 Å². The van der Waals surface area contributed by atoms with Gasteiger partial charge in [-0.15, -0.1) is 0 Å². The van der Waals surface area contributed by atoms with E-state index in [2.05, 4.69) is 19.1 Å². The Balaban J connectivity index is 1.77. The second-order valence-electron chi connectivity index (χ2n) is 7.55. The van der Waals surface area contributed by atoms with Crippen molar-refractivity contribution in [3.8, 4) is 5.75 Å². The van der Waals surface area contributed by atoms with Crippen molar-refractivity contribution in [1.82, 2.24) is 4.90 Å². The Morgan fingerprint density at radius 1 is 1.38 bits per heavy atom. The molecule has 1 atom stereocenters. The molecule has 5 heteroatoms. The molecule has 1 aromatic rings. The fourth-order valence-electron chi connectivity index (χ4n) is 3.22. The molecule has 3 rings (SSSR count). The van der Waals surface area contributed by atoms with Crippen LogP contribution in [0.4, 0.5) is 10.5 Å². The number of ether oxygens (including phenoxy) is 2. The highest BCUT2D eigenvalue weighted by molar-refractivity contribution is 5.77. The van der Waals surface area contributed by atoms with Gasteiger partial charge in [0, 0.05) is 25.1 Å². The van der Waals surface area contributed by atoms with Crippen LogP contribution < -0.4 is 10.5 Å². The van der Waals surface area contributed by atoms with Gasteiger partial charge in [-0.3, -0.25) is 0 Å². The van der Waals surface area contributed by atoms with E-state index in [-0.39, 0.29) is 12.2 Å². The summed E-state index contributed by atoms with van der Waals surface area (Å²) in [7, 11) is 0. The Morgan fingerprint density at radius 2 is 2.12 bits per heavy atom. The summed E-state index contributed by atoms with van der Waals surface area (Å²) in [6.45, 7) is 8.94. The van der Waals surface area contributed by atoms with E-state index in [4.69, 9.17) is 15.2 Å². The zero-order valence-electron chi connectivity index (χ0n) is 14.9. The second-order valence-corrected chi connectivity index (χ2v) is 7.55. The Labute approximate surface area is 143 Å². The number of fused-ring (bicyclic) bond motifs is 1. The number of nitrogens with zero attached hydrogens (tertiary/aromatic N) is 1. The Morgan fingerprint density at radius 3 is 2.75 bits per heavy atom. The Kier molecular flexibility index (Phi) is 4.20. The summed E-state index contributed by atoms with van der Waals surface area (Å²) in [4.78, 5) is 13.9. The normalized spacial score (nSPS) is 20.2. The largest absolute Gasteiger partial charge is 0.488 e. The molecule has 130 valence electrons. The van der Waals surface area contributed by atoms with E-state index in [0.29, 0.717) is 18.8 Å². The van der Waals surface area contributed by atoms with E-state index >= 15 is 0 Å². The van der Waals surface area contributed by atoms with Crippen molar-refractivity contribution >= 4 is 17.4 Å². The maximum absolute atomic E-state index is 12.2. The van der Waals surface area contributed by atoms with Crippen LogP contribution >= 0.6 is 0 Å². The van der Waals surface area contributed by atoms with Crippen molar-refractivity contribution in [3.05, 3.63) is 29.3 Å². The minimum atomic E-state index is -0.466. The number of carbonyl (C=O) groups excluding carboxylic acids is 1. The fraction of sp³-hybridized carbons (Fsp3) is 0.526. The molecular formula is C19H26N2O3. The number of carbonyl (C=O) groups is 1. The van der Waals surface area contributed by atoms with Crippen molar-refractivity contribution in [1.29, 1.82) is 0 Å². The lowest BCUT2D eigenvalue weighted by atomic mass is 9.92. The minimum absolute atomic E-state index is 0.158. The molecule has 2 heterocycles. The summed E-state index contributed by atoms with van der Waals surface area (Å²) in [6.07, 6.45) is 3.71. The van der Waals surface area contributed by atoms with Gasteiger partial charge in [-0.1, -0.05) is 12.1 Å². The Bertz CT molecular complexity index is 689. The van der Waals surface area contributed by atoms with Crippen LogP contribution in [0.2, 0.25) is 0 Å². The summed E-state index contributed by atoms with van der Waals surface area (Å²) < 4.78 is 11.3. The van der Waals surface area contributed by atoms with Crippen molar-refractivity contribution in [3.63, 3.8) is 0 Å².